The summed E-state index contributed by atoms with van der Waals surface area (Å²) < 4.78 is 42.7. The van der Waals surface area contributed by atoms with Crippen molar-refractivity contribution >= 4 is 22.2 Å². The summed E-state index contributed by atoms with van der Waals surface area (Å²) in [6.45, 7) is 0.641. The van der Waals surface area contributed by atoms with Crippen molar-refractivity contribution < 1.29 is 13.2 Å². The van der Waals surface area contributed by atoms with Crippen molar-refractivity contribution in [1.82, 2.24) is 14.5 Å². The van der Waals surface area contributed by atoms with Crippen LogP contribution in [-0.4, -0.2) is 14.5 Å². The maximum absolute atomic E-state index is 14.2. The zero-order valence-corrected chi connectivity index (χ0v) is 14.8. The first-order valence-electron chi connectivity index (χ1n) is 7.96. The molecule has 4 rings (SSSR count). The molecule has 0 fully saturated rings. The predicted octanol–water partition coefficient (Wildman–Crippen LogP) is 4.76. The Morgan fingerprint density at radius 1 is 1.07 bits per heavy atom. The van der Waals surface area contributed by atoms with Crippen LogP contribution in [-0.2, 0) is 5.92 Å². The van der Waals surface area contributed by atoms with Crippen LogP contribution in [0.1, 0.15) is 12.7 Å². The quantitative estimate of drug-likeness (QED) is 0.509. The van der Waals surface area contributed by atoms with E-state index in [9.17, 15) is 18.0 Å². The summed E-state index contributed by atoms with van der Waals surface area (Å²) in [6.07, 6.45) is 0. The smallest absolute Gasteiger partial charge is 0.268 e. The van der Waals surface area contributed by atoms with Gasteiger partial charge in [-0.1, -0.05) is 30.3 Å². The minimum atomic E-state index is -3.42. The first-order chi connectivity index (χ1) is 12.8. The van der Waals surface area contributed by atoms with Gasteiger partial charge in [0.25, 0.3) is 5.56 Å². The van der Waals surface area contributed by atoms with E-state index in [4.69, 9.17) is 0 Å². The average Bonchev–Trinajstić information content (AvgIpc) is 3.11. The van der Waals surface area contributed by atoms with E-state index in [2.05, 4.69) is 9.97 Å². The molecule has 0 spiro atoms. The average molecular weight is 387 g/mol. The van der Waals surface area contributed by atoms with E-state index in [1.165, 1.54) is 6.07 Å². The maximum Gasteiger partial charge on any atom is 0.302 e. The van der Waals surface area contributed by atoms with Gasteiger partial charge < -0.3 is 0 Å². The monoisotopic (exact) mass is 387 g/mol. The summed E-state index contributed by atoms with van der Waals surface area (Å²) in [4.78, 5) is 21.1. The van der Waals surface area contributed by atoms with Gasteiger partial charge in [0.15, 0.2) is 11.0 Å². The lowest BCUT2D eigenvalue weighted by Gasteiger charge is -2.16. The molecule has 0 atom stereocenters. The van der Waals surface area contributed by atoms with Gasteiger partial charge in [0, 0.05) is 23.9 Å². The first-order valence-corrected chi connectivity index (χ1v) is 8.84. The van der Waals surface area contributed by atoms with Crippen molar-refractivity contribution in [2.24, 2.45) is 0 Å². The van der Waals surface area contributed by atoms with E-state index < -0.39 is 23.1 Å². The highest BCUT2D eigenvalue weighted by molar-refractivity contribution is 7.12. The topological polar surface area (TPSA) is 47.8 Å². The Balaban J connectivity index is 1.98. The molecule has 0 aliphatic rings. The van der Waals surface area contributed by atoms with Gasteiger partial charge in [0.05, 0.1) is 16.6 Å². The molecule has 2 heterocycles. The van der Waals surface area contributed by atoms with Crippen LogP contribution in [0.15, 0.2) is 58.7 Å². The minimum absolute atomic E-state index is 0.0425. The van der Waals surface area contributed by atoms with E-state index >= 15 is 0 Å². The number of alkyl halides is 2. The highest BCUT2D eigenvalue weighted by Crippen LogP contribution is 2.30. The van der Waals surface area contributed by atoms with Gasteiger partial charge in [-0.25, -0.2) is 18.9 Å². The van der Waals surface area contributed by atoms with E-state index in [1.807, 2.05) is 30.3 Å². The number of halogens is 3. The largest absolute Gasteiger partial charge is 0.302 e. The zero-order valence-electron chi connectivity index (χ0n) is 14.0. The summed E-state index contributed by atoms with van der Waals surface area (Å²) in [5, 5.41) is 1.80. The highest BCUT2D eigenvalue weighted by atomic mass is 32.1. The van der Waals surface area contributed by atoms with Gasteiger partial charge in [-0.05, 0) is 12.1 Å². The zero-order chi connectivity index (χ0) is 19.2. The molecule has 136 valence electrons. The Labute approximate surface area is 155 Å². The fourth-order valence-corrected chi connectivity index (χ4v) is 3.57. The molecule has 4 nitrogen and oxygen atoms in total. The number of rotatable bonds is 3. The summed E-state index contributed by atoms with van der Waals surface area (Å²) in [6, 6.07) is 12.5. The van der Waals surface area contributed by atoms with Gasteiger partial charge in [-0.3, -0.25) is 4.79 Å². The molecule has 0 aliphatic heterocycles. The Hall–Kier alpha value is -3.00. The number of aromatic nitrogens is 3. The number of fused-ring (bicyclic) bond motifs is 1. The molecule has 0 saturated carbocycles. The van der Waals surface area contributed by atoms with E-state index in [1.54, 1.807) is 5.38 Å². The van der Waals surface area contributed by atoms with Crippen molar-refractivity contribution in [3.8, 4) is 16.4 Å². The van der Waals surface area contributed by atoms with Gasteiger partial charge in [0.1, 0.15) is 5.82 Å². The lowest BCUT2D eigenvalue weighted by Crippen LogP contribution is -2.29. The van der Waals surface area contributed by atoms with Crippen molar-refractivity contribution in [3.05, 3.63) is 75.9 Å². The van der Waals surface area contributed by atoms with Crippen LogP contribution in [0.5, 0.6) is 0 Å². The fourth-order valence-electron chi connectivity index (χ4n) is 2.74. The second-order valence-corrected chi connectivity index (χ2v) is 6.84. The van der Waals surface area contributed by atoms with Crippen LogP contribution in [0.25, 0.3) is 27.3 Å². The molecular formula is C19H12F3N3OS. The maximum atomic E-state index is 14.2. The van der Waals surface area contributed by atoms with E-state index in [0.717, 1.165) is 33.6 Å². The van der Waals surface area contributed by atoms with Crippen LogP contribution in [0, 0.1) is 5.82 Å². The molecule has 0 aliphatic carbocycles. The number of hydrogen-bond donors (Lipinski definition) is 0. The lowest BCUT2D eigenvalue weighted by molar-refractivity contribution is 0.00531. The number of nitrogens with zero attached hydrogens (tertiary/aromatic N) is 3. The van der Waals surface area contributed by atoms with Gasteiger partial charge in [-0.2, -0.15) is 8.78 Å². The second-order valence-electron chi connectivity index (χ2n) is 6.01. The third-order valence-corrected chi connectivity index (χ3v) is 4.80. The van der Waals surface area contributed by atoms with Crippen LogP contribution < -0.4 is 5.56 Å². The molecule has 0 unspecified atom stereocenters. The Kier molecular flexibility index (Phi) is 4.07. The fraction of sp³-hybridized carbons (Fsp3) is 0.105. The van der Waals surface area contributed by atoms with Crippen LogP contribution in [0.3, 0.4) is 0 Å². The normalized spacial score (nSPS) is 11.9. The van der Waals surface area contributed by atoms with E-state index in [-0.39, 0.29) is 16.0 Å². The summed E-state index contributed by atoms with van der Waals surface area (Å²) in [5.41, 5.74) is 0.527. The third kappa shape index (κ3) is 3.12. The second kappa shape index (κ2) is 6.31. The number of thiazole rings is 1. The molecule has 8 heteroatoms. The predicted molar refractivity (Wildman–Crippen MR) is 98.0 cm³/mol. The highest BCUT2D eigenvalue weighted by Gasteiger charge is 2.33. The Morgan fingerprint density at radius 3 is 2.52 bits per heavy atom. The van der Waals surface area contributed by atoms with Crippen LogP contribution >= 0.6 is 11.3 Å². The standard InChI is InChI=1S/C19H12F3N3OS/c1-19(21,22)17-23-14-9-12(20)7-8-13(14)16(26)25(17)18-24-15(10-27-18)11-5-3-2-4-6-11/h2-10H,1H3. The summed E-state index contributed by atoms with van der Waals surface area (Å²) in [5.74, 6) is -4.85. The van der Waals surface area contributed by atoms with Crippen molar-refractivity contribution in [3.63, 3.8) is 0 Å². The molecule has 0 saturated heterocycles. The summed E-state index contributed by atoms with van der Waals surface area (Å²) in [7, 11) is 0. The summed E-state index contributed by atoms with van der Waals surface area (Å²) >= 11 is 1.06. The molecule has 2 aromatic carbocycles. The molecule has 0 radical (unpaired) electrons. The molecule has 27 heavy (non-hydrogen) atoms. The molecule has 4 aromatic rings. The molecular weight excluding hydrogens is 375 g/mol. The Bertz CT molecular complexity index is 1200. The van der Waals surface area contributed by atoms with Gasteiger partial charge >= 0.3 is 5.92 Å². The van der Waals surface area contributed by atoms with Crippen LogP contribution in [0.2, 0.25) is 0 Å². The molecule has 0 N–H and O–H groups in total. The van der Waals surface area contributed by atoms with Crippen molar-refractivity contribution in [2.45, 2.75) is 12.8 Å². The van der Waals surface area contributed by atoms with Gasteiger partial charge in [0.2, 0.25) is 0 Å². The van der Waals surface area contributed by atoms with Crippen molar-refractivity contribution in [2.75, 3.05) is 0 Å². The minimum Gasteiger partial charge on any atom is -0.268 e. The SMILES string of the molecule is CC(F)(F)c1nc2cc(F)ccc2c(=O)n1-c1nc(-c2ccccc2)cs1. The first kappa shape index (κ1) is 17.4. The van der Waals surface area contributed by atoms with Crippen molar-refractivity contribution in [1.29, 1.82) is 0 Å². The molecule has 0 bridgehead atoms. The number of hydrogen-bond acceptors (Lipinski definition) is 4. The van der Waals surface area contributed by atoms with Crippen LogP contribution in [0.4, 0.5) is 13.2 Å². The number of benzene rings is 2. The van der Waals surface area contributed by atoms with Gasteiger partial charge in [-0.15, -0.1) is 11.3 Å². The lowest BCUT2D eigenvalue weighted by atomic mass is 10.2. The molecule has 2 aromatic heterocycles. The third-order valence-electron chi connectivity index (χ3n) is 3.98. The Morgan fingerprint density at radius 2 is 1.81 bits per heavy atom. The van der Waals surface area contributed by atoms with E-state index in [0.29, 0.717) is 12.6 Å². The molecule has 0 amide bonds.